The summed E-state index contributed by atoms with van der Waals surface area (Å²) in [6, 6.07) is 5.72. The van der Waals surface area contributed by atoms with Gasteiger partial charge in [-0.2, -0.15) is 0 Å². The molecule has 2 N–H and O–H groups in total. The zero-order valence-corrected chi connectivity index (χ0v) is 13.5. The number of nitrogens with one attached hydrogen (secondary N) is 2. The molecule has 0 bridgehead atoms. The summed E-state index contributed by atoms with van der Waals surface area (Å²) >= 11 is 0. The summed E-state index contributed by atoms with van der Waals surface area (Å²) in [6.45, 7) is 4.61. The fourth-order valence-corrected chi connectivity index (χ4v) is 2.50. The lowest BCUT2D eigenvalue weighted by Gasteiger charge is -2.27. The van der Waals surface area contributed by atoms with Crippen molar-refractivity contribution in [2.24, 2.45) is 0 Å². The molecule has 1 aliphatic heterocycles. The Balaban J connectivity index is 1.40. The highest BCUT2D eigenvalue weighted by atomic mass is 16.5. The van der Waals surface area contributed by atoms with Gasteiger partial charge in [0.05, 0.1) is 13.2 Å². The molecule has 8 heteroatoms. The van der Waals surface area contributed by atoms with E-state index < -0.39 is 0 Å². The number of hydrogen-bond donors (Lipinski definition) is 2. The van der Waals surface area contributed by atoms with Crippen molar-refractivity contribution >= 4 is 17.5 Å². The number of rotatable bonds is 7. The van der Waals surface area contributed by atoms with Crippen molar-refractivity contribution in [3.05, 3.63) is 36.9 Å². The van der Waals surface area contributed by atoms with Gasteiger partial charge in [-0.3, -0.25) is 4.79 Å². The number of carbonyl (C=O) groups is 1. The Bertz CT molecular complexity index is 640. The number of nitrogens with zero attached hydrogens (tertiary/aromatic N) is 4. The van der Waals surface area contributed by atoms with Gasteiger partial charge in [0.15, 0.2) is 0 Å². The minimum atomic E-state index is -0.00954. The molecule has 2 aromatic rings. The summed E-state index contributed by atoms with van der Waals surface area (Å²) in [4.78, 5) is 22.5. The summed E-state index contributed by atoms with van der Waals surface area (Å²) in [5, 5.41) is 6.08. The maximum Gasteiger partial charge on any atom is 0.239 e. The van der Waals surface area contributed by atoms with E-state index in [1.54, 1.807) is 6.33 Å². The standard InChI is InChI=1S/C16H22N6O2/c23-16(12-21-5-1-2-6-21)18-4-3-17-14-11-15(20-13-19-14)22-7-9-24-10-8-22/h1-2,5-6,11,13H,3-4,7-10,12H2,(H,18,23)(H,17,19,20). The zero-order chi connectivity index (χ0) is 16.6. The van der Waals surface area contributed by atoms with Crippen molar-refractivity contribution in [3.8, 4) is 0 Å². The highest BCUT2D eigenvalue weighted by Gasteiger charge is 2.12. The maximum absolute atomic E-state index is 11.8. The van der Waals surface area contributed by atoms with Crippen molar-refractivity contribution in [1.29, 1.82) is 0 Å². The van der Waals surface area contributed by atoms with E-state index in [0.29, 0.717) is 19.6 Å². The average Bonchev–Trinajstić information content (AvgIpc) is 3.13. The fraction of sp³-hybridized carbons (Fsp3) is 0.438. The van der Waals surface area contributed by atoms with E-state index in [1.807, 2.05) is 35.2 Å². The minimum Gasteiger partial charge on any atom is -0.378 e. The smallest absolute Gasteiger partial charge is 0.239 e. The van der Waals surface area contributed by atoms with E-state index in [0.717, 1.165) is 37.9 Å². The quantitative estimate of drug-likeness (QED) is 0.713. The third-order valence-corrected chi connectivity index (χ3v) is 3.73. The highest BCUT2D eigenvalue weighted by molar-refractivity contribution is 5.75. The van der Waals surface area contributed by atoms with Gasteiger partial charge in [0, 0.05) is 44.6 Å². The molecule has 8 nitrogen and oxygen atoms in total. The molecule has 0 spiro atoms. The molecule has 1 saturated heterocycles. The van der Waals surface area contributed by atoms with Gasteiger partial charge in [0.25, 0.3) is 0 Å². The maximum atomic E-state index is 11.8. The lowest BCUT2D eigenvalue weighted by atomic mass is 10.4. The third kappa shape index (κ3) is 4.69. The monoisotopic (exact) mass is 330 g/mol. The van der Waals surface area contributed by atoms with Crippen LogP contribution in [0.2, 0.25) is 0 Å². The molecule has 3 heterocycles. The van der Waals surface area contributed by atoms with E-state index in [9.17, 15) is 4.79 Å². The summed E-state index contributed by atoms with van der Waals surface area (Å²) < 4.78 is 7.18. The molecule has 0 radical (unpaired) electrons. The normalized spacial score (nSPS) is 14.4. The summed E-state index contributed by atoms with van der Waals surface area (Å²) in [5.41, 5.74) is 0. The van der Waals surface area contributed by atoms with E-state index in [1.165, 1.54) is 0 Å². The van der Waals surface area contributed by atoms with Crippen LogP contribution >= 0.6 is 0 Å². The second-order valence-electron chi connectivity index (χ2n) is 5.49. The molecular weight excluding hydrogens is 308 g/mol. The SMILES string of the molecule is O=C(Cn1cccc1)NCCNc1cc(N2CCOCC2)ncn1. The van der Waals surface area contributed by atoms with Gasteiger partial charge >= 0.3 is 0 Å². The van der Waals surface area contributed by atoms with Crippen LogP contribution in [0.3, 0.4) is 0 Å². The van der Waals surface area contributed by atoms with Crippen LogP contribution in [0.25, 0.3) is 0 Å². The average molecular weight is 330 g/mol. The molecule has 2 aromatic heterocycles. The molecule has 0 aromatic carbocycles. The molecular formula is C16H22N6O2. The highest BCUT2D eigenvalue weighted by Crippen LogP contribution is 2.14. The Kier molecular flexibility index (Phi) is 5.62. The van der Waals surface area contributed by atoms with Crippen LogP contribution in [0.4, 0.5) is 11.6 Å². The third-order valence-electron chi connectivity index (χ3n) is 3.73. The van der Waals surface area contributed by atoms with E-state index >= 15 is 0 Å². The van der Waals surface area contributed by atoms with Crippen LogP contribution in [0.15, 0.2) is 36.9 Å². The lowest BCUT2D eigenvalue weighted by molar-refractivity contribution is -0.121. The predicted molar refractivity (Wildman–Crippen MR) is 91.0 cm³/mol. The number of anilines is 2. The molecule has 0 saturated carbocycles. The topological polar surface area (TPSA) is 84.3 Å². The lowest BCUT2D eigenvalue weighted by Crippen LogP contribution is -2.36. The minimum absolute atomic E-state index is 0.00954. The zero-order valence-electron chi connectivity index (χ0n) is 13.5. The van der Waals surface area contributed by atoms with Crippen molar-refractivity contribution < 1.29 is 9.53 Å². The Morgan fingerprint density at radius 2 is 1.96 bits per heavy atom. The molecule has 0 atom stereocenters. The predicted octanol–water partition coefficient (Wildman–Crippen LogP) is 0.343. The summed E-state index contributed by atoms with van der Waals surface area (Å²) in [6.07, 6.45) is 5.29. The summed E-state index contributed by atoms with van der Waals surface area (Å²) in [7, 11) is 0. The number of hydrogen-bond acceptors (Lipinski definition) is 6. The molecule has 0 unspecified atom stereocenters. The Morgan fingerprint density at radius 1 is 1.17 bits per heavy atom. The first-order valence-corrected chi connectivity index (χ1v) is 8.07. The first-order chi connectivity index (χ1) is 11.8. The van der Waals surface area contributed by atoms with Gasteiger partial charge in [0.2, 0.25) is 5.91 Å². The van der Waals surface area contributed by atoms with E-state index in [2.05, 4.69) is 25.5 Å². The molecule has 1 fully saturated rings. The first-order valence-electron chi connectivity index (χ1n) is 8.07. The van der Waals surface area contributed by atoms with Gasteiger partial charge in [-0.25, -0.2) is 9.97 Å². The van der Waals surface area contributed by atoms with Crippen LogP contribution in [0.5, 0.6) is 0 Å². The van der Waals surface area contributed by atoms with Crippen molar-refractivity contribution in [2.45, 2.75) is 6.54 Å². The first kappa shape index (κ1) is 16.3. The van der Waals surface area contributed by atoms with Gasteiger partial charge in [0.1, 0.15) is 24.5 Å². The van der Waals surface area contributed by atoms with Crippen molar-refractivity contribution in [2.75, 3.05) is 49.6 Å². The second kappa shape index (κ2) is 8.30. The van der Waals surface area contributed by atoms with E-state index in [4.69, 9.17) is 4.74 Å². The molecule has 0 aliphatic carbocycles. The van der Waals surface area contributed by atoms with Crippen LogP contribution in [-0.4, -0.2) is 59.8 Å². The molecule has 24 heavy (non-hydrogen) atoms. The number of amides is 1. The molecule has 3 rings (SSSR count). The van der Waals surface area contributed by atoms with Gasteiger partial charge in [-0.1, -0.05) is 0 Å². The number of ether oxygens (including phenoxy) is 1. The molecule has 128 valence electrons. The van der Waals surface area contributed by atoms with Crippen molar-refractivity contribution in [3.63, 3.8) is 0 Å². The number of carbonyl (C=O) groups excluding carboxylic acids is 1. The van der Waals surface area contributed by atoms with Gasteiger partial charge < -0.3 is 24.8 Å². The Labute approximate surface area is 140 Å². The van der Waals surface area contributed by atoms with E-state index in [-0.39, 0.29) is 5.91 Å². The Hall–Kier alpha value is -2.61. The van der Waals surface area contributed by atoms with Crippen LogP contribution in [-0.2, 0) is 16.1 Å². The van der Waals surface area contributed by atoms with Crippen molar-refractivity contribution in [1.82, 2.24) is 19.9 Å². The number of morpholine rings is 1. The summed E-state index contributed by atoms with van der Waals surface area (Å²) in [5.74, 6) is 1.64. The van der Waals surface area contributed by atoms with Crippen LogP contribution < -0.4 is 15.5 Å². The largest absolute Gasteiger partial charge is 0.378 e. The fourth-order valence-electron chi connectivity index (χ4n) is 2.50. The van der Waals surface area contributed by atoms with Crippen LogP contribution in [0.1, 0.15) is 0 Å². The van der Waals surface area contributed by atoms with Gasteiger partial charge in [-0.15, -0.1) is 0 Å². The molecule has 1 aliphatic rings. The number of aromatic nitrogens is 3. The second-order valence-corrected chi connectivity index (χ2v) is 5.49. The van der Waals surface area contributed by atoms with Crippen LogP contribution in [0, 0.1) is 0 Å². The Morgan fingerprint density at radius 3 is 2.75 bits per heavy atom. The van der Waals surface area contributed by atoms with Gasteiger partial charge in [-0.05, 0) is 12.1 Å². The molecule has 1 amide bonds.